The molecular formula is C117H128Cl6F3N7O14. The Bertz CT molecular complexity index is 6510. The first-order valence-electron chi connectivity index (χ1n) is 50.9. The number of aliphatic hydroxyl groups excluding tert-OH is 7. The normalized spacial score (nSPS) is 26.3. The van der Waals surface area contributed by atoms with Gasteiger partial charge in [0.1, 0.15) is 46.2 Å². The summed E-state index contributed by atoms with van der Waals surface area (Å²) in [4.78, 5) is 93.4. The number of esters is 1. The Morgan fingerprint density at radius 2 is 0.844 bits per heavy atom. The van der Waals surface area contributed by atoms with Crippen molar-refractivity contribution in [2.75, 3.05) is 48.9 Å². The van der Waals surface area contributed by atoms with E-state index in [1.54, 1.807) is 72.8 Å². The molecule has 6 spiro atoms. The summed E-state index contributed by atoms with van der Waals surface area (Å²) in [5, 5.41) is 81.7. The zero-order valence-corrected chi connectivity index (χ0v) is 87.6. The maximum absolute atomic E-state index is 16.9. The number of hydrogen-bond donors (Lipinski definition) is 12. The number of nitrogens with one attached hydrogen (secondary N) is 4. The lowest BCUT2D eigenvalue weighted by atomic mass is 9.51. The van der Waals surface area contributed by atoms with Crippen LogP contribution in [-0.2, 0) is 49.7 Å². The standard InChI is InChI=1S/C43H46Cl2FN3O5.C39H35Cl2FN2O3.C31H36Cl2FNO4.C4H11NO2/c1-41(2)19-21-42(22-20-41)43(31-17-16-28(44)24-33(31)48-40(43)54)34(30-14-9-15-32(45)35(30)46)37(39(53)47-23-18-29(51)25-50)49(42)36(26-10-5-3-6-11-26)38(52)27-12-7-4-8-13-27;1-37(2)18-20-38(21-19-37)39(27-17-16-25(40)22-29(27)43-36(39)46)30(26-14-9-15-28(41)31(26)42)33-35(45)47-34(24-12-7-4-8-13-24)32(44(33)38)23-10-5-3-6-11-23;1-29(2)11-13-30(14-12-29)16-21(25(38)8-3-5-19(37)17-36)26(20-6-4-7-23(33)27(20)34)31(30)22-10-9-18(32)15-24(22)35-28(31)39;5-2-1-4(7)3-6/h3-17,24,29,34,36-38,50-52H,18-23,25H2,1-2H3,(H,47,53)(H,48,54);3-17,22,30,32-34H,18-21H2,1-2H3,(H,43,46);4,6-7,9-10,15,19,21,26,36-37H,3,5,8,11-14,16-17H2,1-2H3,(H,35,39);4,6-7H,1-3,5H2/t29-,34-,36+,37+,38-,43-;30-,32+,33+,34-,39-;19-,21-,26-,31+;4-/m0000/s1. The van der Waals surface area contributed by atoms with Crippen LogP contribution < -0.4 is 27.0 Å². The van der Waals surface area contributed by atoms with Crippen molar-refractivity contribution in [3.8, 4) is 0 Å². The molecule has 6 heterocycles. The van der Waals surface area contributed by atoms with Crippen molar-refractivity contribution in [3.63, 3.8) is 0 Å². The highest BCUT2D eigenvalue weighted by molar-refractivity contribution is 6.33. The second-order valence-corrected chi connectivity index (χ2v) is 46.5. The zero-order valence-electron chi connectivity index (χ0n) is 83.1. The lowest BCUT2D eigenvalue weighted by Crippen LogP contribution is -2.64. The second-order valence-electron chi connectivity index (χ2n) is 43.9. The van der Waals surface area contributed by atoms with E-state index < -0.39 is 147 Å². The maximum Gasteiger partial charge on any atom is 0.324 e. The molecule has 7 fully saturated rings. The van der Waals surface area contributed by atoms with Gasteiger partial charge in [0.25, 0.3) is 0 Å². The Kier molecular flexibility index (Phi) is 32.2. The fraction of sp³-hybridized carbons (Fsp3) is 0.436. The van der Waals surface area contributed by atoms with E-state index in [0.717, 1.165) is 60.8 Å². The van der Waals surface area contributed by atoms with E-state index >= 15 is 27.6 Å². The number of morpholine rings is 1. The number of carbonyl (C=O) groups is 6. The first-order valence-corrected chi connectivity index (χ1v) is 53.2. The molecule has 147 heavy (non-hydrogen) atoms. The Balaban J connectivity index is 0.000000147. The van der Waals surface area contributed by atoms with E-state index in [1.165, 1.54) is 18.2 Å². The fourth-order valence-electron chi connectivity index (χ4n) is 27.1. The number of Topliss-reactive ketones (excluding diaryl/α,β-unsaturated/α-hetero) is 1. The summed E-state index contributed by atoms with van der Waals surface area (Å²) in [7, 11) is 0. The number of nitrogens with zero attached hydrogens (tertiary/aromatic N) is 2. The van der Waals surface area contributed by atoms with Gasteiger partial charge in [0.15, 0.2) is 0 Å². The Labute approximate surface area is 886 Å². The minimum atomic E-state index is -1.58. The number of rotatable bonds is 23. The number of carbonyl (C=O) groups excluding carboxylic acids is 6. The molecule has 0 aromatic heterocycles. The summed E-state index contributed by atoms with van der Waals surface area (Å²) in [6.07, 6.45) is 5.75. The number of ether oxygens (including phenoxy) is 1. The van der Waals surface area contributed by atoms with E-state index in [1.807, 2.05) is 132 Å². The molecule has 30 heteroatoms. The number of fused-ring (bicyclic) bond motifs is 11. The van der Waals surface area contributed by atoms with Crippen LogP contribution in [0, 0.1) is 45.0 Å². The Hall–Kier alpha value is -9.65. The molecule has 16 atom stereocenters. The molecule has 4 saturated carbocycles. The first-order chi connectivity index (χ1) is 70.2. The molecule has 20 rings (SSSR count). The minimum absolute atomic E-state index is 0.00167. The number of benzene rings is 10. The zero-order chi connectivity index (χ0) is 105. The van der Waals surface area contributed by atoms with E-state index in [0.29, 0.717) is 113 Å². The predicted molar refractivity (Wildman–Crippen MR) is 566 cm³/mol. The molecule has 10 aromatic carbocycles. The predicted octanol–water partition coefficient (Wildman–Crippen LogP) is 22.1. The molecule has 0 unspecified atom stereocenters. The molecule has 10 aliphatic rings. The third-order valence-electron chi connectivity index (χ3n) is 34.1. The van der Waals surface area contributed by atoms with Crippen LogP contribution in [0.2, 0.25) is 30.1 Å². The van der Waals surface area contributed by atoms with Crippen molar-refractivity contribution >= 4 is 122 Å². The van der Waals surface area contributed by atoms with Gasteiger partial charge in [-0.1, -0.05) is 287 Å². The lowest BCUT2D eigenvalue weighted by molar-refractivity contribution is -0.184. The number of likely N-dealkylation sites (tertiary alicyclic amines) is 1. The van der Waals surface area contributed by atoms with Crippen molar-refractivity contribution in [1.82, 2.24) is 15.1 Å². The summed E-state index contributed by atoms with van der Waals surface area (Å²) in [6, 6.07) is 65.3. The van der Waals surface area contributed by atoms with E-state index in [2.05, 4.69) is 79.8 Å². The van der Waals surface area contributed by atoms with Gasteiger partial charge in [0.05, 0.1) is 82.8 Å². The number of ketones is 1. The molecule has 6 aliphatic heterocycles. The molecule has 4 aliphatic carbocycles. The minimum Gasteiger partial charge on any atom is -0.454 e. The molecule has 10 aromatic rings. The number of nitrogens with two attached hydrogens (primary N) is 1. The summed E-state index contributed by atoms with van der Waals surface area (Å²) >= 11 is 38.7. The van der Waals surface area contributed by atoms with Gasteiger partial charge in [-0.05, 0) is 248 Å². The average Bonchev–Trinajstić information content (AvgIpc) is 1.47. The molecular weight excluding hydrogens is 2000 g/mol. The van der Waals surface area contributed by atoms with Crippen LogP contribution in [0.4, 0.5) is 30.2 Å². The number of amides is 4. The van der Waals surface area contributed by atoms with Gasteiger partial charge in [-0.2, -0.15) is 0 Å². The number of anilines is 3. The van der Waals surface area contributed by atoms with Gasteiger partial charge in [0, 0.05) is 79.8 Å². The number of halogens is 9. The van der Waals surface area contributed by atoms with E-state index in [-0.39, 0.29) is 111 Å². The molecule has 4 amide bonds. The van der Waals surface area contributed by atoms with Crippen LogP contribution in [0.1, 0.15) is 255 Å². The highest BCUT2D eigenvalue weighted by Crippen LogP contribution is 2.76. The molecule has 3 saturated heterocycles. The SMILES string of the molecule is CC1(C)CCC2(CC1)C[C@@H](C(=O)CCC[C@H](O)CO)[C@H](c1cccc(Cl)c1F)[C@]21C(=O)Nc2cc(Cl)ccc21.CC1(C)CCC2(CC1)N([C@H](c1ccccc1)[C@@H](O)c1ccccc1)[C@@H](C(=O)NCC[C@H](O)CO)[C@H](c1cccc(Cl)c1F)[C@@]21C(=O)Nc2cc(Cl)ccc21.CC1(C)CCC2(CC1)N1[C@H](c3ccccc3)[C@H](c3ccccc3)OC(=O)[C@H]1[C@H](c1cccc(Cl)c1F)[C@@]21C(=O)Nc2cc(Cl)ccc21.NCC[C@H](O)CO. The van der Waals surface area contributed by atoms with Gasteiger partial charge < -0.3 is 67.5 Å². The number of aliphatic hydroxyl groups is 7. The third kappa shape index (κ3) is 19.4. The highest BCUT2D eigenvalue weighted by Gasteiger charge is 2.81. The summed E-state index contributed by atoms with van der Waals surface area (Å²) < 4.78 is 55.9. The van der Waals surface area contributed by atoms with E-state index in [9.17, 15) is 39.9 Å². The van der Waals surface area contributed by atoms with Crippen LogP contribution in [0.15, 0.2) is 231 Å². The van der Waals surface area contributed by atoms with Crippen LogP contribution in [0.3, 0.4) is 0 Å². The Morgan fingerprint density at radius 1 is 0.449 bits per heavy atom. The molecule has 0 bridgehead atoms. The summed E-state index contributed by atoms with van der Waals surface area (Å²) in [5.41, 5.74) is 5.81. The second kappa shape index (κ2) is 43.6. The largest absolute Gasteiger partial charge is 0.454 e. The van der Waals surface area contributed by atoms with Crippen molar-refractivity contribution < 1.29 is 82.4 Å². The van der Waals surface area contributed by atoms with Gasteiger partial charge >= 0.3 is 5.97 Å². The monoisotopic (exact) mass is 2120 g/mol. The van der Waals surface area contributed by atoms with Gasteiger partial charge in [0.2, 0.25) is 23.6 Å². The van der Waals surface area contributed by atoms with Crippen LogP contribution in [0.5, 0.6) is 0 Å². The third-order valence-corrected chi connectivity index (χ3v) is 35.7. The lowest BCUT2D eigenvalue weighted by Gasteiger charge is -2.57. The molecule has 13 N–H and O–H groups in total. The van der Waals surface area contributed by atoms with Gasteiger partial charge in [-0.25, -0.2) is 13.2 Å². The number of cyclic esters (lactones) is 1. The smallest absolute Gasteiger partial charge is 0.324 e. The van der Waals surface area contributed by atoms with Crippen molar-refractivity contribution in [3.05, 3.63) is 334 Å². The Morgan fingerprint density at radius 3 is 1.30 bits per heavy atom. The van der Waals surface area contributed by atoms with Crippen LogP contribution in [0.25, 0.3) is 0 Å². The molecule has 0 radical (unpaired) electrons. The van der Waals surface area contributed by atoms with Crippen LogP contribution >= 0.6 is 69.6 Å². The quantitative estimate of drug-likeness (QED) is 0.0265. The average molecular weight is 2130 g/mol. The van der Waals surface area contributed by atoms with Gasteiger partial charge in [-0.15, -0.1) is 0 Å². The molecule has 21 nitrogen and oxygen atoms in total. The van der Waals surface area contributed by atoms with Crippen LogP contribution in [-0.4, -0.2) is 155 Å². The topological polar surface area (TPSA) is 334 Å². The van der Waals surface area contributed by atoms with Crippen molar-refractivity contribution in [1.29, 1.82) is 0 Å². The van der Waals surface area contributed by atoms with E-state index in [4.69, 9.17) is 90.3 Å². The highest BCUT2D eigenvalue weighted by atomic mass is 35.5. The molecule has 778 valence electrons. The first kappa shape index (κ1) is 109. The van der Waals surface area contributed by atoms with Crippen molar-refractivity contribution in [2.45, 2.75) is 257 Å². The number of hydrogen-bond acceptors (Lipinski definition) is 17. The summed E-state index contributed by atoms with van der Waals surface area (Å²) in [6.45, 7) is 12.7. The maximum atomic E-state index is 16.9. The summed E-state index contributed by atoms with van der Waals surface area (Å²) in [5.74, 6) is -7.34. The fourth-order valence-corrected chi connectivity index (χ4v) is 28.1. The van der Waals surface area contributed by atoms with Crippen molar-refractivity contribution in [2.24, 2.45) is 33.3 Å². The van der Waals surface area contributed by atoms with Gasteiger partial charge in [-0.3, -0.25) is 38.6 Å².